The number of amides is 3. The predicted molar refractivity (Wildman–Crippen MR) is 107 cm³/mol. The number of carbonyl (C=O) groups is 3. The summed E-state index contributed by atoms with van der Waals surface area (Å²) >= 11 is 0. The third-order valence-electron chi connectivity index (χ3n) is 6.44. The third kappa shape index (κ3) is 3.52. The highest BCUT2D eigenvalue weighted by Crippen LogP contribution is 2.35. The summed E-state index contributed by atoms with van der Waals surface area (Å²) in [5, 5.41) is 3.10. The van der Waals surface area contributed by atoms with E-state index in [0.29, 0.717) is 36.9 Å². The van der Waals surface area contributed by atoms with Crippen LogP contribution in [0.15, 0.2) is 18.2 Å². The van der Waals surface area contributed by atoms with E-state index in [9.17, 15) is 14.4 Å². The Morgan fingerprint density at radius 2 is 1.97 bits per heavy atom. The molecule has 0 radical (unpaired) electrons. The summed E-state index contributed by atoms with van der Waals surface area (Å²) in [5.41, 5.74) is 1.73. The minimum Gasteiger partial charge on any atom is -0.376 e. The predicted octanol–water partition coefficient (Wildman–Crippen LogP) is 1.96. The Labute approximate surface area is 170 Å². The zero-order chi connectivity index (χ0) is 20.0. The molecular weight excluding hydrogens is 370 g/mol. The van der Waals surface area contributed by atoms with Crippen LogP contribution in [0.4, 0.5) is 5.69 Å². The number of benzene rings is 1. The van der Waals surface area contributed by atoms with Gasteiger partial charge in [-0.05, 0) is 50.7 Å². The summed E-state index contributed by atoms with van der Waals surface area (Å²) in [4.78, 5) is 42.1. The number of carbonyl (C=O) groups excluding carboxylic acids is 3. The number of ether oxygens (including phenoxy) is 1. The summed E-state index contributed by atoms with van der Waals surface area (Å²) in [7, 11) is 0. The maximum Gasteiger partial charge on any atom is 0.263 e. The Morgan fingerprint density at radius 1 is 1.10 bits per heavy atom. The van der Waals surface area contributed by atoms with Crippen LogP contribution in [0.2, 0.25) is 0 Å². The highest BCUT2D eigenvalue weighted by molar-refractivity contribution is 6.23. The Bertz CT molecular complexity index is 844. The van der Waals surface area contributed by atoms with Gasteiger partial charge in [0, 0.05) is 25.7 Å². The van der Waals surface area contributed by atoms with Crippen LogP contribution >= 0.6 is 0 Å². The summed E-state index contributed by atoms with van der Waals surface area (Å²) < 4.78 is 5.63. The van der Waals surface area contributed by atoms with Gasteiger partial charge in [0.15, 0.2) is 0 Å². The fourth-order valence-electron chi connectivity index (χ4n) is 4.69. The van der Waals surface area contributed by atoms with E-state index in [-0.39, 0.29) is 29.7 Å². The maximum absolute atomic E-state index is 13.2. The van der Waals surface area contributed by atoms with E-state index >= 15 is 0 Å². The molecule has 2 atom stereocenters. The van der Waals surface area contributed by atoms with E-state index < -0.39 is 0 Å². The van der Waals surface area contributed by atoms with Crippen molar-refractivity contribution in [1.29, 1.82) is 0 Å². The van der Waals surface area contributed by atoms with Gasteiger partial charge in [0.25, 0.3) is 11.8 Å². The van der Waals surface area contributed by atoms with E-state index in [1.807, 2.05) is 12.1 Å². The van der Waals surface area contributed by atoms with Gasteiger partial charge in [0.05, 0.1) is 35.4 Å². The Hall–Kier alpha value is -2.41. The van der Waals surface area contributed by atoms with Crippen molar-refractivity contribution in [1.82, 2.24) is 10.2 Å². The standard InChI is InChI=1S/C22H27N3O4/c26-20(23-15-8-9-15)14-4-2-10-24(12-14)18-7-1-6-17-19(18)22(28)25(21(17)27)13-16-5-3-11-29-16/h1,6-7,14-16H,2-5,8-13H2,(H,23,26)/t14-,16-/m0/s1. The largest absolute Gasteiger partial charge is 0.376 e. The highest BCUT2D eigenvalue weighted by Gasteiger charge is 2.41. The molecule has 7 nitrogen and oxygen atoms in total. The van der Waals surface area contributed by atoms with E-state index in [1.54, 1.807) is 6.07 Å². The molecule has 5 rings (SSSR count). The third-order valence-corrected chi connectivity index (χ3v) is 6.44. The van der Waals surface area contributed by atoms with Gasteiger partial charge in [-0.3, -0.25) is 19.3 Å². The van der Waals surface area contributed by atoms with Crippen LogP contribution in [-0.2, 0) is 9.53 Å². The summed E-state index contributed by atoms with van der Waals surface area (Å²) in [6.45, 7) is 2.38. The van der Waals surface area contributed by atoms with Crippen LogP contribution in [0.1, 0.15) is 59.2 Å². The van der Waals surface area contributed by atoms with Crippen LogP contribution in [0.25, 0.3) is 0 Å². The van der Waals surface area contributed by atoms with Crippen molar-refractivity contribution in [2.75, 3.05) is 31.1 Å². The zero-order valence-corrected chi connectivity index (χ0v) is 16.6. The van der Waals surface area contributed by atoms with Crippen LogP contribution in [0.3, 0.4) is 0 Å². The molecule has 29 heavy (non-hydrogen) atoms. The highest BCUT2D eigenvalue weighted by atomic mass is 16.5. The molecule has 4 aliphatic rings. The molecule has 7 heteroatoms. The second kappa shape index (κ2) is 7.44. The molecule has 1 N–H and O–H groups in total. The van der Waals surface area contributed by atoms with E-state index in [2.05, 4.69) is 10.2 Å². The van der Waals surface area contributed by atoms with Crippen molar-refractivity contribution >= 4 is 23.4 Å². The maximum atomic E-state index is 13.2. The lowest BCUT2D eigenvalue weighted by atomic mass is 9.95. The molecule has 2 saturated heterocycles. The fraction of sp³-hybridized carbons (Fsp3) is 0.591. The molecule has 0 spiro atoms. The molecule has 0 unspecified atom stereocenters. The van der Waals surface area contributed by atoms with Crippen LogP contribution in [0, 0.1) is 5.92 Å². The Balaban J connectivity index is 1.36. The van der Waals surface area contributed by atoms with Gasteiger partial charge >= 0.3 is 0 Å². The summed E-state index contributed by atoms with van der Waals surface area (Å²) in [6.07, 6.45) is 5.69. The number of nitrogens with zero attached hydrogens (tertiary/aromatic N) is 2. The van der Waals surface area contributed by atoms with Crippen molar-refractivity contribution < 1.29 is 19.1 Å². The first-order valence-electron chi connectivity index (χ1n) is 10.8. The van der Waals surface area contributed by atoms with Gasteiger partial charge < -0.3 is 15.0 Å². The molecule has 1 aliphatic carbocycles. The lowest BCUT2D eigenvalue weighted by molar-refractivity contribution is -0.125. The molecule has 3 heterocycles. The molecule has 0 aromatic heterocycles. The lowest BCUT2D eigenvalue weighted by Gasteiger charge is -2.34. The van der Waals surface area contributed by atoms with Crippen molar-refractivity contribution in [3.8, 4) is 0 Å². The number of fused-ring (bicyclic) bond motifs is 1. The topological polar surface area (TPSA) is 79.0 Å². The summed E-state index contributed by atoms with van der Waals surface area (Å²) in [6, 6.07) is 5.82. The van der Waals surface area contributed by atoms with E-state index in [4.69, 9.17) is 4.74 Å². The molecule has 1 aromatic carbocycles. The first-order chi connectivity index (χ1) is 14.1. The smallest absolute Gasteiger partial charge is 0.263 e. The molecule has 3 fully saturated rings. The first kappa shape index (κ1) is 18.6. The van der Waals surface area contributed by atoms with Crippen LogP contribution < -0.4 is 10.2 Å². The SMILES string of the molecule is O=C(NC1CC1)[C@H]1CCCN(c2cccc3c2C(=O)N(C[C@@H]2CCCO2)C3=O)C1. The van der Waals surface area contributed by atoms with Gasteiger partial charge in [-0.25, -0.2) is 0 Å². The normalized spacial score (nSPS) is 26.8. The second-order valence-corrected chi connectivity index (χ2v) is 8.62. The van der Waals surface area contributed by atoms with E-state index in [0.717, 1.165) is 50.8 Å². The monoisotopic (exact) mass is 397 g/mol. The number of anilines is 1. The summed E-state index contributed by atoms with van der Waals surface area (Å²) in [5.74, 6) is -0.425. The second-order valence-electron chi connectivity index (χ2n) is 8.62. The molecule has 1 aromatic rings. The number of hydrogen-bond donors (Lipinski definition) is 1. The number of rotatable bonds is 5. The molecule has 0 bridgehead atoms. The van der Waals surface area contributed by atoms with Crippen molar-refractivity contribution in [2.45, 2.75) is 50.7 Å². The Kier molecular flexibility index (Phi) is 4.78. The number of hydrogen-bond acceptors (Lipinski definition) is 5. The molecule has 154 valence electrons. The minimum atomic E-state index is -0.236. The van der Waals surface area contributed by atoms with Crippen LogP contribution in [-0.4, -0.2) is 61.0 Å². The molecular formula is C22H27N3O4. The number of imide groups is 1. The first-order valence-corrected chi connectivity index (χ1v) is 10.8. The minimum absolute atomic E-state index is 0.0638. The van der Waals surface area contributed by atoms with Gasteiger partial charge in [-0.1, -0.05) is 6.07 Å². The van der Waals surface area contributed by atoms with Gasteiger partial charge in [0.1, 0.15) is 0 Å². The van der Waals surface area contributed by atoms with Gasteiger partial charge in [0.2, 0.25) is 5.91 Å². The van der Waals surface area contributed by atoms with Gasteiger partial charge in [-0.15, -0.1) is 0 Å². The molecule has 1 saturated carbocycles. The van der Waals surface area contributed by atoms with Crippen molar-refractivity contribution in [3.63, 3.8) is 0 Å². The average molecular weight is 397 g/mol. The van der Waals surface area contributed by atoms with E-state index in [1.165, 1.54) is 4.90 Å². The lowest BCUT2D eigenvalue weighted by Crippen LogP contribution is -2.44. The van der Waals surface area contributed by atoms with Crippen molar-refractivity contribution in [3.05, 3.63) is 29.3 Å². The zero-order valence-electron chi connectivity index (χ0n) is 16.6. The quantitative estimate of drug-likeness (QED) is 0.769. The Morgan fingerprint density at radius 3 is 2.72 bits per heavy atom. The van der Waals surface area contributed by atoms with Gasteiger partial charge in [-0.2, -0.15) is 0 Å². The number of nitrogens with one attached hydrogen (secondary N) is 1. The van der Waals surface area contributed by atoms with Crippen molar-refractivity contribution in [2.24, 2.45) is 5.92 Å². The number of piperidine rings is 1. The fourth-order valence-corrected chi connectivity index (χ4v) is 4.69. The average Bonchev–Trinajstić information content (AvgIpc) is 3.34. The molecule has 3 aliphatic heterocycles. The van der Waals surface area contributed by atoms with Crippen LogP contribution in [0.5, 0.6) is 0 Å². The molecule has 3 amide bonds.